The van der Waals surface area contributed by atoms with Gasteiger partial charge in [0, 0.05) is 11.6 Å². The molecule has 1 aromatic carbocycles. The number of methoxy groups -OCH3 is 2. The number of rotatable bonds is 7. The zero-order valence-electron chi connectivity index (χ0n) is 13.9. The fourth-order valence-electron chi connectivity index (χ4n) is 2.53. The third kappa shape index (κ3) is 3.91. The largest absolute Gasteiger partial charge is 0.493 e. The van der Waals surface area contributed by atoms with Gasteiger partial charge in [0.15, 0.2) is 11.5 Å². The molecule has 0 aliphatic heterocycles. The SMILES string of the molecule is C=CCC(C)(C)/C(=C\C(=O)O)c1cc(C)cc(OC)c1OC. The van der Waals surface area contributed by atoms with Gasteiger partial charge in [-0.25, -0.2) is 4.79 Å². The van der Waals surface area contributed by atoms with E-state index in [0.717, 1.165) is 11.1 Å². The maximum absolute atomic E-state index is 11.3. The van der Waals surface area contributed by atoms with Crippen LogP contribution in [0.1, 0.15) is 31.4 Å². The van der Waals surface area contributed by atoms with Gasteiger partial charge in [-0.05, 0) is 42.0 Å². The van der Waals surface area contributed by atoms with Crippen LogP contribution in [0.25, 0.3) is 5.57 Å². The molecule has 1 aromatic rings. The first kappa shape index (κ1) is 17.8. The van der Waals surface area contributed by atoms with Crippen LogP contribution in [0.4, 0.5) is 0 Å². The van der Waals surface area contributed by atoms with Crippen molar-refractivity contribution in [1.82, 2.24) is 0 Å². The minimum absolute atomic E-state index is 0.397. The Labute approximate surface area is 132 Å². The molecule has 0 aliphatic carbocycles. The second-order valence-electron chi connectivity index (χ2n) is 5.82. The third-order valence-electron chi connectivity index (χ3n) is 3.56. The van der Waals surface area contributed by atoms with E-state index >= 15 is 0 Å². The topological polar surface area (TPSA) is 55.8 Å². The highest BCUT2D eigenvalue weighted by Gasteiger charge is 2.28. The van der Waals surface area contributed by atoms with Gasteiger partial charge in [-0.3, -0.25) is 0 Å². The van der Waals surface area contributed by atoms with Crippen LogP contribution >= 0.6 is 0 Å². The van der Waals surface area contributed by atoms with Crippen LogP contribution in [0.15, 0.2) is 30.9 Å². The number of carboxylic acids is 1. The van der Waals surface area contributed by atoms with Crippen LogP contribution in [0.2, 0.25) is 0 Å². The zero-order chi connectivity index (χ0) is 16.9. The van der Waals surface area contributed by atoms with E-state index in [0.29, 0.717) is 23.5 Å². The number of aryl methyl sites for hydroxylation is 1. The van der Waals surface area contributed by atoms with Crippen molar-refractivity contribution >= 4 is 11.5 Å². The van der Waals surface area contributed by atoms with Gasteiger partial charge in [0.1, 0.15) is 0 Å². The third-order valence-corrected chi connectivity index (χ3v) is 3.56. The monoisotopic (exact) mass is 304 g/mol. The minimum atomic E-state index is -0.991. The molecule has 22 heavy (non-hydrogen) atoms. The lowest BCUT2D eigenvalue weighted by atomic mass is 9.76. The summed E-state index contributed by atoms with van der Waals surface area (Å²) >= 11 is 0. The Morgan fingerprint density at radius 3 is 2.41 bits per heavy atom. The van der Waals surface area contributed by atoms with E-state index in [-0.39, 0.29) is 0 Å². The van der Waals surface area contributed by atoms with E-state index in [1.165, 1.54) is 6.08 Å². The molecule has 1 rings (SSSR count). The number of hydrogen-bond donors (Lipinski definition) is 1. The number of ether oxygens (including phenoxy) is 2. The van der Waals surface area contributed by atoms with E-state index < -0.39 is 11.4 Å². The molecule has 4 nitrogen and oxygen atoms in total. The summed E-state index contributed by atoms with van der Waals surface area (Å²) in [5, 5.41) is 9.26. The normalized spacial score (nSPS) is 12.0. The number of carbonyl (C=O) groups is 1. The van der Waals surface area contributed by atoms with Crippen LogP contribution in [0.3, 0.4) is 0 Å². The number of hydrogen-bond acceptors (Lipinski definition) is 3. The van der Waals surface area contributed by atoms with Crippen molar-refractivity contribution in [2.45, 2.75) is 27.2 Å². The second-order valence-corrected chi connectivity index (χ2v) is 5.82. The molecule has 0 unspecified atom stereocenters. The lowest BCUT2D eigenvalue weighted by Gasteiger charge is -2.28. The molecular formula is C18H24O4. The Balaban J connectivity index is 3.66. The summed E-state index contributed by atoms with van der Waals surface area (Å²) in [5.74, 6) is 0.135. The van der Waals surface area contributed by atoms with Gasteiger partial charge < -0.3 is 14.6 Å². The quantitative estimate of drug-likeness (QED) is 0.609. The van der Waals surface area contributed by atoms with Gasteiger partial charge in [0.05, 0.1) is 14.2 Å². The molecule has 0 spiro atoms. The lowest BCUT2D eigenvalue weighted by molar-refractivity contribution is -0.131. The predicted molar refractivity (Wildman–Crippen MR) is 88.5 cm³/mol. The number of benzene rings is 1. The fraction of sp³-hybridized carbons (Fsp3) is 0.389. The van der Waals surface area contributed by atoms with Crippen LogP contribution in [0.5, 0.6) is 11.5 Å². The summed E-state index contributed by atoms with van der Waals surface area (Å²) in [6, 6.07) is 3.78. The van der Waals surface area contributed by atoms with Crippen molar-refractivity contribution in [3.05, 3.63) is 42.0 Å². The highest BCUT2D eigenvalue weighted by Crippen LogP contribution is 2.45. The van der Waals surface area contributed by atoms with Crippen LogP contribution < -0.4 is 9.47 Å². The van der Waals surface area contributed by atoms with E-state index in [1.54, 1.807) is 20.3 Å². The summed E-state index contributed by atoms with van der Waals surface area (Å²) in [6.45, 7) is 9.67. The maximum Gasteiger partial charge on any atom is 0.328 e. The first-order chi connectivity index (χ1) is 10.3. The predicted octanol–water partition coefficient (Wildman–Crippen LogP) is 4.08. The average Bonchev–Trinajstić information content (AvgIpc) is 2.43. The van der Waals surface area contributed by atoms with Gasteiger partial charge in [-0.2, -0.15) is 0 Å². The molecule has 0 bridgehead atoms. The average molecular weight is 304 g/mol. The molecule has 0 saturated heterocycles. The Hall–Kier alpha value is -2.23. The first-order valence-corrected chi connectivity index (χ1v) is 7.05. The molecule has 0 atom stereocenters. The van der Waals surface area contributed by atoms with Crippen molar-refractivity contribution < 1.29 is 19.4 Å². The second kappa shape index (κ2) is 7.16. The molecule has 1 N–H and O–H groups in total. The van der Waals surface area contributed by atoms with Crippen LogP contribution in [-0.2, 0) is 4.79 Å². The molecule has 0 heterocycles. The first-order valence-electron chi connectivity index (χ1n) is 7.05. The Kier molecular flexibility index (Phi) is 5.80. The Morgan fingerprint density at radius 2 is 1.95 bits per heavy atom. The summed E-state index contributed by atoms with van der Waals surface area (Å²) in [5.41, 5.74) is 1.98. The number of aliphatic carboxylic acids is 1. The van der Waals surface area contributed by atoms with Crippen molar-refractivity contribution in [2.24, 2.45) is 5.41 Å². The standard InChI is InChI=1S/C18H24O4/c1-7-8-18(3,4)14(11-16(19)20)13-9-12(2)10-15(21-5)17(13)22-6/h7,9-11H,1,8H2,2-6H3,(H,19,20)/b14-11-. The summed E-state index contributed by atoms with van der Waals surface area (Å²) in [7, 11) is 3.12. The van der Waals surface area contributed by atoms with Gasteiger partial charge >= 0.3 is 5.97 Å². The minimum Gasteiger partial charge on any atom is -0.493 e. The van der Waals surface area contributed by atoms with Crippen LogP contribution in [0, 0.1) is 12.3 Å². The fourth-order valence-corrected chi connectivity index (χ4v) is 2.53. The molecule has 120 valence electrons. The van der Waals surface area contributed by atoms with E-state index in [1.807, 2.05) is 32.9 Å². The van der Waals surface area contributed by atoms with Gasteiger partial charge in [-0.1, -0.05) is 19.9 Å². The molecule has 4 heteroatoms. The molecule has 0 aliphatic rings. The molecule has 0 radical (unpaired) electrons. The van der Waals surface area contributed by atoms with Crippen molar-refractivity contribution in [3.63, 3.8) is 0 Å². The molecular weight excluding hydrogens is 280 g/mol. The van der Waals surface area contributed by atoms with E-state index in [4.69, 9.17) is 9.47 Å². The summed E-state index contributed by atoms with van der Waals surface area (Å²) in [4.78, 5) is 11.3. The highest BCUT2D eigenvalue weighted by molar-refractivity contribution is 5.93. The highest BCUT2D eigenvalue weighted by atomic mass is 16.5. The van der Waals surface area contributed by atoms with E-state index in [2.05, 4.69) is 6.58 Å². The van der Waals surface area contributed by atoms with E-state index in [9.17, 15) is 9.90 Å². The Morgan fingerprint density at radius 1 is 1.32 bits per heavy atom. The van der Waals surface area contributed by atoms with Crippen LogP contribution in [-0.4, -0.2) is 25.3 Å². The zero-order valence-corrected chi connectivity index (χ0v) is 13.9. The molecule has 0 aromatic heterocycles. The van der Waals surface area contributed by atoms with Crippen molar-refractivity contribution in [2.75, 3.05) is 14.2 Å². The molecule has 0 saturated carbocycles. The number of allylic oxidation sites excluding steroid dienone is 2. The van der Waals surface area contributed by atoms with Crippen molar-refractivity contribution in [1.29, 1.82) is 0 Å². The summed E-state index contributed by atoms with van der Waals surface area (Å²) in [6.07, 6.45) is 3.67. The van der Waals surface area contributed by atoms with Gasteiger partial charge in [-0.15, -0.1) is 6.58 Å². The van der Waals surface area contributed by atoms with Gasteiger partial charge in [0.25, 0.3) is 0 Å². The molecule has 0 fully saturated rings. The lowest BCUT2D eigenvalue weighted by Crippen LogP contribution is -2.15. The summed E-state index contributed by atoms with van der Waals surface area (Å²) < 4.78 is 10.8. The van der Waals surface area contributed by atoms with Gasteiger partial charge in [0.2, 0.25) is 0 Å². The Bertz CT molecular complexity index is 597. The number of carboxylic acid groups (broad SMARTS) is 1. The smallest absolute Gasteiger partial charge is 0.328 e. The van der Waals surface area contributed by atoms with Crippen molar-refractivity contribution in [3.8, 4) is 11.5 Å². The molecule has 0 amide bonds. The maximum atomic E-state index is 11.3.